The van der Waals surface area contributed by atoms with E-state index in [4.69, 9.17) is 5.11 Å². The van der Waals surface area contributed by atoms with Crippen LogP contribution >= 0.6 is 0 Å². The lowest BCUT2D eigenvalue weighted by atomic mass is 10.1. The van der Waals surface area contributed by atoms with E-state index < -0.39 is 23.8 Å². The van der Waals surface area contributed by atoms with Crippen LogP contribution in [0.5, 0.6) is 0 Å². The SMILES string of the molecule is C=CC(N)=O.CCCC(C(=O)O)C(=O)OC.N. The van der Waals surface area contributed by atoms with Crippen LogP contribution in [-0.2, 0) is 19.1 Å². The van der Waals surface area contributed by atoms with Crippen molar-refractivity contribution < 1.29 is 24.2 Å². The Hall–Kier alpha value is -1.89. The molecule has 0 fully saturated rings. The molecule has 7 nitrogen and oxygen atoms in total. The number of carboxylic acids is 1. The fourth-order valence-corrected chi connectivity index (χ4v) is 0.773. The summed E-state index contributed by atoms with van der Waals surface area (Å²) in [7, 11) is 1.19. The van der Waals surface area contributed by atoms with Crippen molar-refractivity contribution >= 4 is 17.8 Å². The van der Waals surface area contributed by atoms with Crippen LogP contribution in [0.4, 0.5) is 0 Å². The van der Waals surface area contributed by atoms with Gasteiger partial charge >= 0.3 is 11.9 Å². The number of aliphatic carboxylic acids is 1. The van der Waals surface area contributed by atoms with Crippen LogP contribution < -0.4 is 11.9 Å². The van der Waals surface area contributed by atoms with Gasteiger partial charge in [0.05, 0.1) is 7.11 Å². The molecule has 7 heteroatoms. The van der Waals surface area contributed by atoms with Gasteiger partial charge in [-0.15, -0.1) is 0 Å². The topological polar surface area (TPSA) is 142 Å². The van der Waals surface area contributed by atoms with Gasteiger partial charge in [-0.2, -0.15) is 0 Å². The van der Waals surface area contributed by atoms with Gasteiger partial charge in [-0.1, -0.05) is 19.9 Å². The number of nitrogens with two attached hydrogens (primary N) is 1. The minimum atomic E-state index is -1.11. The largest absolute Gasteiger partial charge is 0.481 e. The first-order valence-electron chi connectivity index (χ1n) is 4.63. The molecule has 0 aromatic rings. The Morgan fingerprint density at radius 1 is 1.47 bits per heavy atom. The number of carbonyl (C=O) groups excluding carboxylic acids is 2. The maximum absolute atomic E-state index is 10.7. The highest BCUT2D eigenvalue weighted by atomic mass is 16.5. The Balaban J connectivity index is -0.000000280. The third kappa shape index (κ3) is 12.0. The smallest absolute Gasteiger partial charge is 0.320 e. The molecule has 1 atom stereocenters. The average Bonchev–Trinajstić information content (AvgIpc) is 2.25. The van der Waals surface area contributed by atoms with Crippen LogP contribution in [0.1, 0.15) is 19.8 Å². The Labute approximate surface area is 100 Å². The van der Waals surface area contributed by atoms with Gasteiger partial charge in [-0.05, 0) is 12.5 Å². The van der Waals surface area contributed by atoms with Crippen LogP contribution in [0.25, 0.3) is 0 Å². The van der Waals surface area contributed by atoms with E-state index in [-0.39, 0.29) is 6.15 Å². The molecule has 0 aliphatic heterocycles. The summed E-state index contributed by atoms with van der Waals surface area (Å²) in [6.45, 7) is 4.90. The van der Waals surface area contributed by atoms with Gasteiger partial charge in [0, 0.05) is 0 Å². The third-order valence-corrected chi connectivity index (χ3v) is 1.56. The molecule has 6 N–H and O–H groups in total. The van der Waals surface area contributed by atoms with Gasteiger partial charge in [0.25, 0.3) is 0 Å². The molecule has 0 heterocycles. The third-order valence-electron chi connectivity index (χ3n) is 1.56. The molecule has 0 aliphatic rings. The van der Waals surface area contributed by atoms with Crippen LogP contribution in [0.2, 0.25) is 0 Å². The molecule has 0 aromatic carbocycles. The molecular weight excluding hydrogens is 228 g/mol. The fraction of sp³-hybridized carbons (Fsp3) is 0.500. The summed E-state index contributed by atoms with van der Waals surface area (Å²) < 4.78 is 4.31. The molecule has 17 heavy (non-hydrogen) atoms. The number of ether oxygens (including phenoxy) is 1. The predicted molar refractivity (Wildman–Crippen MR) is 62.5 cm³/mol. The number of esters is 1. The molecular formula is C10H20N2O5. The second-order valence-corrected chi connectivity index (χ2v) is 2.81. The van der Waals surface area contributed by atoms with Crippen molar-refractivity contribution in [3.8, 4) is 0 Å². The Bertz CT molecular complexity index is 265. The van der Waals surface area contributed by atoms with Gasteiger partial charge < -0.3 is 21.7 Å². The molecule has 0 radical (unpaired) electrons. The first-order valence-corrected chi connectivity index (χ1v) is 4.63. The van der Waals surface area contributed by atoms with E-state index in [0.29, 0.717) is 12.8 Å². The lowest BCUT2D eigenvalue weighted by Gasteiger charge is -2.06. The minimum Gasteiger partial charge on any atom is -0.481 e. The summed E-state index contributed by atoms with van der Waals surface area (Å²) in [5.41, 5.74) is 4.53. The number of carboxylic acid groups (broad SMARTS) is 1. The number of primary amides is 1. The standard InChI is InChI=1S/C7H12O4.C3H5NO.H3N/c1-3-4-5(6(8)9)7(10)11-2;1-2-3(4)5;/h5H,3-4H2,1-2H3,(H,8,9);2H,1H2,(H2,4,5);1H3. The molecule has 1 unspecified atom stereocenters. The number of amides is 1. The molecule has 0 saturated heterocycles. The van der Waals surface area contributed by atoms with Crippen LogP contribution in [0, 0.1) is 5.92 Å². The zero-order valence-electron chi connectivity index (χ0n) is 10.1. The van der Waals surface area contributed by atoms with Gasteiger partial charge in [0.2, 0.25) is 5.91 Å². The van der Waals surface area contributed by atoms with Crippen LogP contribution in [0.15, 0.2) is 12.7 Å². The van der Waals surface area contributed by atoms with Crippen molar-refractivity contribution in [1.29, 1.82) is 0 Å². The maximum Gasteiger partial charge on any atom is 0.320 e. The summed E-state index contributed by atoms with van der Waals surface area (Å²) >= 11 is 0. The Kier molecular flexibility index (Phi) is 14.7. The summed E-state index contributed by atoms with van der Waals surface area (Å²) in [6.07, 6.45) is 2.05. The number of rotatable bonds is 5. The van der Waals surface area contributed by atoms with E-state index >= 15 is 0 Å². The highest BCUT2D eigenvalue weighted by Gasteiger charge is 2.25. The number of hydrogen-bond acceptors (Lipinski definition) is 5. The van der Waals surface area contributed by atoms with E-state index in [2.05, 4.69) is 17.0 Å². The summed E-state index contributed by atoms with van der Waals surface area (Å²) in [4.78, 5) is 30.6. The monoisotopic (exact) mass is 248 g/mol. The van der Waals surface area contributed by atoms with Gasteiger partial charge in [0.15, 0.2) is 5.92 Å². The normalized spacial score (nSPS) is 9.76. The van der Waals surface area contributed by atoms with E-state index in [1.807, 2.05) is 6.92 Å². The highest BCUT2D eigenvalue weighted by Crippen LogP contribution is 2.07. The van der Waals surface area contributed by atoms with E-state index in [9.17, 15) is 14.4 Å². The Morgan fingerprint density at radius 2 is 1.88 bits per heavy atom. The van der Waals surface area contributed by atoms with Crippen molar-refractivity contribution in [2.75, 3.05) is 7.11 Å². The first-order chi connectivity index (χ1) is 7.40. The average molecular weight is 248 g/mol. The van der Waals surface area contributed by atoms with Crippen LogP contribution in [-0.4, -0.2) is 30.1 Å². The second kappa shape index (κ2) is 12.2. The lowest BCUT2D eigenvalue weighted by molar-refractivity contribution is -0.157. The maximum atomic E-state index is 10.7. The molecule has 100 valence electrons. The minimum absolute atomic E-state index is 0. The van der Waals surface area contributed by atoms with Crippen molar-refractivity contribution in [3.63, 3.8) is 0 Å². The quantitative estimate of drug-likeness (QED) is 0.367. The lowest BCUT2D eigenvalue weighted by Crippen LogP contribution is -2.24. The van der Waals surface area contributed by atoms with Crippen molar-refractivity contribution in [2.45, 2.75) is 19.8 Å². The van der Waals surface area contributed by atoms with E-state index in [1.165, 1.54) is 7.11 Å². The first kappa shape index (κ1) is 20.5. The highest BCUT2D eigenvalue weighted by molar-refractivity contribution is 5.93. The molecule has 0 aromatic heterocycles. The zero-order valence-corrected chi connectivity index (χ0v) is 10.1. The van der Waals surface area contributed by atoms with E-state index in [0.717, 1.165) is 6.08 Å². The second-order valence-electron chi connectivity index (χ2n) is 2.81. The Morgan fingerprint density at radius 3 is 2.06 bits per heavy atom. The van der Waals surface area contributed by atoms with Crippen molar-refractivity contribution in [3.05, 3.63) is 12.7 Å². The van der Waals surface area contributed by atoms with Gasteiger partial charge in [-0.3, -0.25) is 14.4 Å². The molecule has 0 rings (SSSR count). The predicted octanol–water partition coefficient (Wildman–Crippen LogP) is 0.480. The summed E-state index contributed by atoms with van der Waals surface area (Å²) in [5.74, 6) is -3.26. The zero-order chi connectivity index (χ0) is 13.1. The fourth-order valence-electron chi connectivity index (χ4n) is 0.773. The summed E-state index contributed by atoms with van der Waals surface area (Å²) in [5, 5.41) is 8.51. The van der Waals surface area contributed by atoms with Crippen LogP contribution in [0.3, 0.4) is 0 Å². The molecule has 0 spiro atoms. The number of hydrogen-bond donors (Lipinski definition) is 3. The molecule has 0 aliphatic carbocycles. The number of methoxy groups -OCH3 is 1. The summed E-state index contributed by atoms with van der Waals surface area (Å²) in [6, 6.07) is 0. The van der Waals surface area contributed by atoms with Gasteiger partial charge in [0.1, 0.15) is 0 Å². The van der Waals surface area contributed by atoms with Crippen molar-refractivity contribution in [1.82, 2.24) is 6.15 Å². The molecule has 0 bridgehead atoms. The van der Waals surface area contributed by atoms with Gasteiger partial charge in [-0.25, -0.2) is 0 Å². The van der Waals surface area contributed by atoms with E-state index in [1.54, 1.807) is 0 Å². The number of carbonyl (C=O) groups is 3. The molecule has 1 amide bonds. The van der Waals surface area contributed by atoms with Crippen molar-refractivity contribution in [2.24, 2.45) is 11.7 Å². The molecule has 0 saturated carbocycles.